The van der Waals surface area contributed by atoms with Crippen LogP contribution in [0.15, 0.2) is 36.4 Å². The third-order valence-electron chi connectivity index (χ3n) is 2.61. The summed E-state index contributed by atoms with van der Waals surface area (Å²) in [5.74, 6) is -2.85. The summed E-state index contributed by atoms with van der Waals surface area (Å²) in [6.07, 6.45) is 0. The van der Waals surface area contributed by atoms with E-state index < -0.39 is 17.5 Å². The minimum Gasteiger partial charge on any atom is -0.453 e. The van der Waals surface area contributed by atoms with Gasteiger partial charge in [0.05, 0.1) is 5.56 Å². The van der Waals surface area contributed by atoms with Crippen molar-refractivity contribution in [2.75, 3.05) is 12.8 Å². The summed E-state index contributed by atoms with van der Waals surface area (Å²) in [6, 6.07) is 7.87. The molecule has 0 radical (unpaired) electrons. The maximum atomic E-state index is 13.6. The number of nitrogens with one attached hydrogen (secondary N) is 1. The number of carbonyl (C=O) groups is 1. The van der Waals surface area contributed by atoms with E-state index in [1.165, 1.54) is 37.4 Å². The molecule has 3 N–H and O–H groups in total. The number of hydrogen-bond acceptors (Lipinski definition) is 3. The fraction of sp³-hybridized carbons (Fsp3) is 0.0714. The van der Waals surface area contributed by atoms with E-state index in [9.17, 15) is 13.6 Å². The average Bonchev–Trinajstić information content (AvgIpc) is 2.43. The molecule has 2 aromatic rings. The topological polar surface area (TPSA) is 64.4 Å². The minimum absolute atomic E-state index is 0.0499. The Morgan fingerprint density at radius 2 is 1.95 bits per heavy atom. The van der Waals surface area contributed by atoms with Crippen LogP contribution in [0.25, 0.3) is 0 Å². The van der Waals surface area contributed by atoms with Crippen molar-refractivity contribution in [3.8, 4) is 11.5 Å². The molecular formula is C14H12F2N2O2. The molecule has 0 fully saturated rings. The summed E-state index contributed by atoms with van der Waals surface area (Å²) in [6.45, 7) is 0. The van der Waals surface area contributed by atoms with Crippen LogP contribution in [0, 0.1) is 11.6 Å². The van der Waals surface area contributed by atoms with E-state index in [0.29, 0.717) is 5.69 Å². The third-order valence-corrected chi connectivity index (χ3v) is 2.61. The van der Waals surface area contributed by atoms with Gasteiger partial charge in [0.15, 0.2) is 11.6 Å². The first-order valence-corrected chi connectivity index (χ1v) is 5.76. The number of halogens is 2. The van der Waals surface area contributed by atoms with Gasteiger partial charge in [-0.1, -0.05) is 6.07 Å². The molecule has 0 bridgehead atoms. The van der Waals surface area contributed by atoms with Gasteiger partial charge < -0.3 is 15.8 Å². The van der Waals surface area contributed by atoms with Crippen LogP contribution in [0.1, 0.15) is 10.4 Å². The molecule has 0 saturated heterocycles. The fourth-order valence-corrected chi connectivity index (χ4v) is 1.63. The molecule has 6 heteroatoms. The predicted octanol–water partition coefficient (Wildman–Crippen LogP) is 2.70. The SMILES string of the molecule is CNC(=O)c1ccc(N)cc1Oc1cccc(F)c1F. The van der Waals surface area contributed by atoms with Crippen LogP contribution in [-0.4, -0.2) is 13.0 Å². The molecule has 0 atom stereocenters. The maximum absolute atomic E-state index is 13.6. The van der Waals surface area contributed by atoms with Crippen LogP contribution >= 0.6 is 0 Å². The van der Waals surface area contributed by atoms with Crippen LogP contribution < -0.4 is 15.8 Å². The Kier molecular flexibility index (Phi) is 3.84. The molecule has 4 nitrogen and oxygen atoms in total. The van der Waals surface area contributed by atoms with Gasteiger partial charge in [-0.3, -0.25) is 4.79 Å². The monoisotopic (exact) mass is 278 g/mol. The fourth-order valence-electron chi connectivity index (χ4n) is 1.63. The Hall–Kier alpha value is -2.63. The van der Waals surface area contributed by atoms with Crippen molar-refractivity contribution in [2.24, 2.45) is 0 Å². The second-order valence-electron chi connectivity index (χ2n) is 3.99. The average molecular weight is 278 g/mol. The molecule has 2 aromatic carbocycles. The number of nitrogens with two attached hydrogens (primary N) is 1. The third kappa shape index (κ3) is 2.69. The van der Waals surface area contributed by atoms with Crippen LogP contribution in [0.3, 0.4) is 0 Å². The number of anilines is 1. The number of ether oxygens (including phenoxy) is 1. The van der Waals surface area contributed by atoms with Crippen molar-refractivity contribution in [2.45, 2.75) is 0 Å². The Morgan fingerprint density at radius 3 is 2.65 bits per heavy atom. The maximum Gasteiger partial charge on any atom is 0.254 e. The van der Waals surface area contributed by atoms with Gasteiger partial charge in [-0.15, -0.1) is 0 Å². The van der Waals surface area contributed by atoms with Crippen LogP contribution in [0.2, 0.25) is 0 Å². The van der Waals surface area contributed by atoms with E-state index in [0.717, 1.165) is 6.07 Å². The highest BCUT2D eigenvalue weighted by atomic mass is 19.2. The molecule has 0 heterocycles. The number of hydrogen-bond donors (Lipinski definition) is 2. The Balaban J connectivity index is 2.44. The molecule has 0 unspecified atom stereocenters. The van der Waals surface area contributed by atoms with Gasteiger partial charge in [-0.25, -0.2) is 4.39 Å². The second kappa shape index (κ2) is 5.56. The standard InChI is InChI=1S/C14H12F2N2O2/c1-18-14(19)9-6-5-8(17)7-12(9)20-11-4-2-3-10(15)13(11)16/h2-7H,17H2,1H3,(H,18,19). The number of benzene rings is 2. The largest absolute Gasteiger partial charge is 0.453 e. The van der Waals surface area contributed by atoms with Crippen molar-refractivity contribution in [3.63, 3.8) is 0 Å². The molecule has 0 aliphatic rings. The molecule has 0 aliphatic heterocycles. The van der Waals surface area contributed by atoms with Gasteiger partial charge >= 0.3 is 0 Å². The van der Waals surface area contributed by atoms with Gasteiger partial charge in [0.2, 0.25) is 5.82 Å². The molecule has 1 amide bonds. The summed E-state index contributed by atoms with van der Waals surface area (Å²) >= 11 is 0. The second-order valence-corrected chi connectivity index (χ2v) is 3.99. The molecule has 0 saturated carbocycles. The van der Waals surface area contributed by atoms with Crippen LogP contribution in [-0.2, 0) is 0 Å². The zero-order chi connectivity index (χ0) is 14.7. The summed E-state index contributed by atoms with van der Waals surface area (Å²) in [5, 5.41) is 2.43. The summed E-state index contributed by atoms with van der Waals surface area (Å²) < 4.78 is 32.0. The van der Waals surface area contributed by atoms with E-state index in [1.54, 1.807) is 0 Å². The molecular weight excluding hydrogens is 266 g/mol. The first-order chi connectivity index (χ1) is 9.52. The summed E-state index contributed by atoms with van der Waals surface area (Å²) in [5.41, 5.74) is 6.12. The quantitative estimate of drug-likeness (QED) is 0.848. The zero-order valence-electron chi connectivity index (χ0n) is 10.6. The van der Waals surface area contributed by atoms with Gasteiger partial charge in [0, 0.05) is 18.8 Å². The van der Waals surface area contributed by atoms with E-state index >= 15 is 0 Å². The number of rotatable bonds is 3. The van der Waals surface area contributed by atoms with E-state index in [2.05, 4.69) is 5.32 Å². The Bertz CT molecular complexity index is 660. The lowest BCUT2D eigenvalue weighted by Gasteiger charge is -2.11. The van der Waals surface area contributed by atoms with Crippen molar-refractivity contribution >= 4 is 11.6 Å². The summed E-state index contributed by atoms with van der Waals surface area (Å²) in [4.78, 5) is 11.7. The highest BCUT2D eigenvalue weighted by molar-refractivity contribution is 5.97. The van der Waals surface area contributed by atoms with Gasteiger partial charge in [-0.2, -0.15) is 4.39 Å². The zero-order valence-corrected chi connectivity index (χ0v) is 10.6. The lowest BCUT2D eigenvalue weighted by Crippen LogP contribution is -2.18. The summed E-state index contributed by atoms with van der Waals surface area (Å²) in [7, 11) is 1.45. The van der Waals surface area contributed by atoms with Crippen LogP contribution in [0.5, 0.6) is 11.5 Å². The molecule has 2 rings (SSSR count). The lowest BCUT2D eigenvalue weighted by atomic mass is 10.1. The molecule has 104 valence electrons. The van der Waals surface area contributed by atoms with Crippen LogP contribution in [0.4, 0.5) is 14.5 Å². The normalized spacial score (nSPS) is 10.2. The molecule has 20 heavy (non-hydrogen) atoms. The first-order valence-electron chi connectivity index (χ1n) is 5.76. The number of carbonyl (C=O) groups excluding carboxylic acids is 1. The first kappa shape index (κ1) is 13.8. The van der Waals surface area contributed by atoms with E-state index in [4.69, 9.17) is 10.5 Å². The van der Waals surface area contributed by atoms with Crippen molar-refractivity contribution in [1.29, 1.82) is 0 Å². The van der Waals surface area contributed by atoms with Gasteiger partial charge in [-0.05, 0) is 24.3 Å². The van der Waals surface area contributed by atoms with Crippen molar-refractivity contribution in [3.05, 3.63) is 53.6 Å². The van der Waals surface area contributed by atoms with Gasteiger partial charge in [0.25, 0.3) is 5.91 Å². The smallest absolute Gasteiger partial charge is 0.254 e. The Morgan fingerprint density at radius 1 is 1.20 bits per heavy atom. The van der Waals surface area contributed by atoms with Crippen molar-refractivity contribution < 1.29 is 18.3 Å². The number of amides is 1. The van der Waals surface area contributed by atoms with Gasteiger partial charge in [0.1, 0.15) is 5.75 Å². The lowest BCUT2D eigenvalue weighted by molar-refractivity contribution is 0.0960. The predicted molar refractivity (Wildman–Crippen MR) is 70.7 cm³/mol. The van der Waals surface area contributed by atoms with Crippen molar-refractivity contribution in [1.82, 2.24) is 5.32 Å². The van der Waals surface area contributed by atoms with E-state index in [-0.39, 0.29) is 17.1 Å². The van der Waals surface area contributed by atoms with E-state index in [1.807, 2.05) is 0 Å². The molecule has 0 aliphatic carbocycles. The Labute approximate surface area is 114 Å². The number of nitrogen functional groups attached to an aromatic ring is 1. The minimum atomic E-state index is -1.13. The molecule has 0 aromatic heterocycles. The highest BCUT2D eigenvalue weighted by Crippen LogP contribution is 2.30. The molecule has 0 spiro atoms. The highest BCUT2D eigenvalue weighted by Gasteiger charge is 2.15.